The van der Waals surface area contributed by atoms with Gasteiger partial charge in [0.15, 0.2) is 0 Å². The van der Waals surface area contributed by atoms with Gasteiger partial charge in [0.05, 0.1) is 23.2 Å². The van der Waals surface area contributed by atoms with Gasteiger partial charge < -0.3 is 10.1 Å². The third kappa shape index (κ3) is 4.02. The number of rotatable bonds is 2. The van der Waals surface area contributed by atoms with Gasteiger partial charge in [-0.05, 0) is 81.5 Å². The van der Waals surface area contributed by atoms with E-state index in [1.54, 1.807) is 0 Å². The summed E-state index contributed by atoms with van der Waals surface area (Å²) in [5, 5.41) is 4.57. The molecule has 3 aliphatic rings. The predicted molar refractivity (Wildman–Crippen MR) is 161 cm³/mol. The van der Waals surface area contributed by atoms with Crippen LogP contribution in [0.5, 0.6) is 0 Å². The molecular formula is C34H32N4O3. The fourth-order valence-electron chi connectivity index (χ4n) is 6.32. The first kappa shape index (κ1) is 25.4. The number of carbonyl (C=O) groups excluding carboxylic acids is 2. The summed E-state index contributed by atoms with van der Waals surface area (Å²) < 4.78 is 5.63. The zero-order valence-electron chi connectivity index (χ0n) is 23.9. The first-order valence-corrected chi connectivity index (χ1v) is 14.0. The number of amidine groups is 1. The van der Waals surface area contributed by atoms with Crippen LogP contribution < -0.4 is 10.2 Å². The second-order valence-electron chi connectivity index (χ2n) is 12.4. The van der Waals surface area contributed by atoms with Crippen LogP contribution in [0, 0.1) is 13.8 Å². The molecule has 7 nitrogen and oxygen atoms in total. The fourth-order valence-corrected chi connectivity index (χ4v) is 6.32. The number of carbonyl (C=O) groups is 2. The lowest BCUT2D eigenvalue weighted by Gasteiger charge is -2.24. The number of anilines is 2. The van der Waals surface area contributed by atoms with Crippen LogP contribution in [-0.4, -0.2) is 28.4 Å². The van der Waals surface area contributed by atoms with Crippen molar-refractivity contribution < 1.29 is 14.3 Å². The average Bonchev–Trinajstić information content (AvgIpc) is 3.48. The van der Waals surface area contributed by atoms with E-state index < -0.39 is 17.1 Å². The number of hydrogen-bond donors (Lipinski definition) is 1. The van der Waals surface area contributed by atoms with Crippen LogP contribution in [0.3, 0.4) is 0 Å². The number of fused-ring (bicyclic) bond motifs is 4. The lowest BCUT2D eigenvalue weighted by atomic mass is 9.90. The van der Waals surface area contributed by atoms with Gasteiger partial charge in [0.2, 0.25) is 5.91 Å². The molecule has 7 heteroatoms. The fraction of sp³-hybridized carbons (Fsp3) is 0.294. The molecule has 1 saturated carbocycles. The van der Waals surface area contributed by atoms with Crippen LogP contribution >= 0.6 is 0 Å². The van der Waals surface area contributed by atoms with E-state index in [1.165, 1.54) is 4.90 Å². The number of ether oxygens (including phenoxy) is 1. The second-order valence-corrected chi connectivity index (χ2v) is 12.4. The lowest BCUT2D eigenvalue weighted by molar-refractivity contribution is -0.120. The van der Waals surface area contributed by atoms with Crippen molar-refractivity contribution in [3.63, 3.8) is 0 Å². The Kier molecular flexibility index (Phi) is 5.42. The van der Waals surface area contributed by atoms with Crippen LogP contribution in [-0.2, 0) is 21.5 Å². The largest absolute Gasteiger partial charge is 0.443 e. The van der Waals surface area contributed by atoms with Gasteiger partial charge in [-0.15, -0.1) is 0 Å². The van der Waals surface area contributed by atoms with Crippen molar-refractivity contribution in [2.24, 2.45) is 4.99 Å². The van der Waals surface area contributed by atoms with Crippen LogP contribution in [0.4, 0.5) is 16.3 Å². The molecule has 41 heavy (non-hydrogen) atoms. The zero-order chi connectivity index (χ0) is 28.7. The quantitative estimate of drug-likeness (QED) is 0.296. The van der Waals surface area contributed by atoms with E-state index in [2.05, 4.69) is 41.7 Å². The molecule has 206 valence electrons. The van der Waals surface area contributed by atoms with Crippen molar-refractivity contribution in [1.82, 2.24) is 4.98 Å². The number of benzene rings is 3. The van der Waals surface area contributed by atoms with E-state index in [1.807, 2.05) is 65.0 Å². The van der Waals surface area contributed by atoms with Crippen LogP contribution in [0.25, 0.3) is 10.9 Å². The minimum absolute atomic E-state index is 0.0188. The van der Waals surface area contributed by atoms with Crippen molar-refractivity contribution in [2.45, 2.75) is 64.5 Å². The monoisotopic (exact) mass is 544 g/mol. The summed E-state index contributed by atoms with van der Waals surface area (Å²) in [6.45, 7) is 10.1. The molecular weight excluding hydrogens is 512 g/mol. The average molecular weight is 545 g/mol. The molecule has 0 saturated heterocycles. The minimum Gasteiger partial charge on any atom is -0.443 e. The maximum Gasteiger partial charge on any atom is 0.421 e. The Morgan fingerprint density at radius 2 is 1.85 bits per heavy atom. The maximum atomic E-state index is 14.0. The van der Waals surface area contributed by atoms with E-state index in [0.717, 1.165) is 55.9 Å². The van der Waals surface area contributed by atoms with E-state index >= 15 is 0 Å². The topological polar surface area (TPSA) is 83.9 Å². The molecule has 2 atom stereocenters. The molecule has 3 heterocycles. The van der Waals surface area contributed by atoms with E-state index in [9.17, 15) is 9.59 Å². The van der Waals surface area contributed by atoms with Gasteiger partial charge in [0, 0.05) is 16.9 Å². The smallest absolute Gasteiger partial charge is 0.421 e. The summed E-state index contributed by atoms with van der Waals surface area (Å²) in [5.74, 6) is 1.38. The second kappa shape index (κ2) is 8.74. The Bertz CT molecular complexity index is 1820. The predicted octanol–water partition coefficient (Wildman–Crippen LogP) is 6.93. The number of nitrogens with one attached hydrogen (secondary N) is 1. The number of aromatic nitrogens is 1. The van der Waals surface area contributed by atoms with Gasteiger partial charge in [-0.1, -0.05) is 54.1 Å². The van der Waals surface area contributed by atoms with Crippen LogP contribution in [0.2, 0.25) is 0 Å². The molecule has 1 aliphatic carbocycles. The van der Waals surface area contributed by atoms with Crippen molar-refractivity contribution in [3.8, 4) is 0 Å². The molecule has 1 fully saturated rings. The summed E-state index contributed by atoms with van der Waals surface area (Å²) in [6, 6.07) is 22.4. The molecule has 0 bridgehead atoms. The maximum absolute atomic E-state index is 14.0. The molecule has 0 radical (unpaired) electrons. The number of aliphatic imine (C=N–C) groups is 1. The molecule has 1 N–H and O–H groups in total. The van der Waals surface area contributed by atoms with Gasteiger partial charge in [-0.25, -0.2) is 14.7 Å². The Morgan fingerprint density at radius 3 is 2.66 bits per heavy atom. The molecule has 0 unspecified atom stereocenters. The van der Waals surface area contributed by atoms with Gasteiger partial charge >= 0.3 is 6.09 Å². The third-order valence-electron chi connectivity index (χ3n) is 8.34. The Hall–Kier alpha value is -4.52. The highest BCUT2D eigenvalue weighted by Crippen LogP contribution is 2.66. The number of pyridine rings is 1. The number of aryl methyl sites for hydroxylation is 2. The molecule has 2 amide bonds. The van der Waals surface area contributed by atoms with Crippen molar-refractivity contribution in [2.75, 3.05) is 10.2 Å². The zero-order valence-corrected chi connectivity index (χ0v) is 23.9. The first-order chi connectivity index (χ1) is 19.5. The standard InChI is InChI=1S/C34H32N4O3/c1-19-10-13-28-25(14-19)34(31(39)38(28)32(40)41-33(3,4)5)17-26(34)21-11-12-24-23(16-21)18-35-30(24)37-29-20(2)15-22-8-6-7-9-27(22)36-29/h6-16,26H,17-18H2,1-5H3,(H,35,36,37)/t26-,34-/m0/s1. The Morgan fingerprint density at radius 1 is 1.05 bits per heavy atom. The molecule has 3 aromatic carbocycles. The molecule has 2 aliphatic heterocycles. The highest BCUT2D eigenvalue weighted by molar-refractivity contribution is 6.23. The first-order valence-electron chi connectivity index (χ1n) is 14.0. The highest BCUT2D eigenvalue weighted by atomic mass is 16.6. The van der Waals surface area contributed by atoms with Crippen molar-refractivity contribution >= 4 is 40.2 Å². The number of hydrogen-bond acceptors (Lipinski definition) is 6. The summed E-state index contributed by atoms with van der Waals surface area (Å²) in [4.78, 5) is 38.0. The molecule has 1 aromatic heterocycles. The van der Waals surface area contributed by atoms with E-state index in [0.29, 0.717) is 18.7 Å². The van der Waals surface area contributed by atoms with Crippen molar-refractivity contribution in [1.29, 1.82) is 0 Å². The summed E-state index contributed by atoms with van der Waals surface area (Å²) in [7, 11) is 0. The minimum atomic E-state index is -0.751. The normalized spacial score (nSPS) is 20.7. The number of para-hydroxylation sites is 1. The van der Waals surface area contributed by atoms with Gasteiger partial charge in [-0.2, -0.15) is 0 Å². The summed E-state index contributed by atoms with van der Waals surface area (Å²) in [5.41, 5.74) is 6.39. The van der Waals surface area contributed by atoms with Crippen LogP contribution in [0.1, 0.15) is 66.5 Å². The molecule has 1 spiro atoms. The lowest BCUT2D eigenvalue weighted by Crippen LogP contribution is -2.41. The molecule has 7 rings (SSSR count). The Labute approximate surface area is 239 Å². The number of imide groups is 1. The number of nitrogens with zero attached hydrogens (tertiary/aromatic N) is 3. The van der Waals surface area contributed by atoms with E-state index in [4.69, 9.17) is 14.7 Å². The van der Waals surface area contributed by atoms with Crippen molar-refractivity contribution in [3.05, 3.63) is 100 Å². The highest BCUT2D eigenvalue weighted by Gasteiger charge is 2.68. The SMILES string of the molecule is Cc1ccc2c(c1)[C@]1(C[C@H]1c1ccc3c(c1)CN=C3Nc1nc3ccccc3cc1C)C(=O)N2C(=O)OC(C)(C)C. The van der Waals surface area contributed by atoms with Gasteiger partial charge in [-0.3, -0.25) is 9.79 Å². The van der Waals surface area contributed by atoms with E-state index in [-0.39, 0.29) is 11.8 Å². The van der Waals surface area contributed by atoms with Gasteiger partial charge in [0.1, 0.15) is 17.3 Å². The third-order valence-corrected chi connectivity index (χ3v) is 8.34. The summed E-state index contributed by atoms with van der Waals surface area (Å²) in [6.07, 6.45) is 0.0396. The van der Waals surface area contributed by atoms with Crippen LogP contribution in [0.15, 0.2) is 71.7 Å². The molecule has 4 aromatic rings. The Balaban J connectivity index is 1.17. The van der Waals surface area contributed by atoms with Gasteiger partial charge in [0.25, 0.3) is 0 Å². The number of amides is 2. The summed E-state index contributed by atoms with van der Waals surface area (Å²) >= 11 is 0.